The Morgan fingerprint density at radius 2 is 1.96 bits per heavy atom. The van der Waals surface area contributed by atoms with Gasteiger partial charge < -0.3 is 5.32 Å². The van der Waals surface area contributed by atoms with Crippen LogP contribution in [0.1, 0.15) is 71.9 Å². The minimum atomic E-state index is 0.0433. The van der Waals surface area contributed by atoms with Gasteiger partial charge in [-0.05, 0) is 47.5 Å². The van der Waals surface area contributed by atoms with Crippen LogP contribution in [0.4, 0.5) is 0 Å². The summed E-state index contributed by atoms with van der Waals surface area (Å²) in [5.74, 6) is 1.27. The Morgan fingerprint density at radius 3 is 2.54 bits per heavy atom. The molecule has 0 saturated heterocycles. The lowest BCUT2D eigenvalue weighted by molar-refractivity contribution is -0.116. The molecule has 152 valence electrons. The third kappa shape index (κ3) is 3.05. The predicted molar refractivity (Wildman–Crippen MR) is 114 cm³/mol. The van der Waals surface area contributed by atoms with E-state index in [0.717, 1.165) is 18.9 Å². The average Bonchev–Trinajstić information content (AvgIpc) is 3.21. The number of carbonyl (C=O) groups excluding carboxylic acids is 1. The minimum Gasteiger partial charge on any atom is -0.348 e. The Balaban J connectivity index is 1.50. The van der Waals surface area contributed by atoms with Crippen LogP contribution in [-0.4, -0.2) is 29.2 Å². The van der Waals surface area contributed by atoms with Crippen LogP contribution >= 0.6 is 0 Å². The summed E-state index contributed by atoms with van der Waals surface area (Å²) in [6.07, 6.45) is 4.32. The Morgan fingerprint density at radius 1 is 1.25 bits per heavy atom. The average molecular weight is 382 g/mol. The van der Waals surface area contributed by atoms with Gasteiger partial charge in [-0.15, -0.1) is 0 Å². The van der Waals surface area contributed by atoms with Crippen molar-refractivity contribution in [1.29, 1.82) is 0 Å². The van der Waals surface area contributed by atoms with Gasteiger partial charge in [0.2, 0.25) is 0 Å². The molecule has 4 nitrogen and oxygen atoms in total. The van der Waals surface area contributed by atoms with E-state index in [2.05, 4.69) is 69.2 Å². The SMILES string of the molecule is CC(C)CN1N=C(C(=O)N[C@H]2C[C@@H]3CC[C@]2(C)C3(C)C)CC1c1ccccc1. The third-order valence-corrected chi connectivity index (χ3v) is 8.09. The highest BCUT2D eigenvalue weighted by atomic mass is 16.2. The van der Waals surface area contributed by atoms with Crippen molar-refractivity contribution in [1.82, 2.24) is 10.3 Å². The molecule has 2 saturated carbocycles. The number of rotatable bonds is 5. The zero-order chi connectivity index (χ0) is 20.1. The number of nitrogens with zero attached hydrogens (tertiary/aromatic N) is 2. The van der Waals surface area contributed by atoms with E-state index in [1.54, 1.807) is 0 Å². The Kier molecular flexibility index (Phi) is 4.79. The molecule has 1 heterocycles. The molecule has 0 radical (unpaired) electrons. The highest BCUT2D eigenvalue weighted by Crippen LogP contribution is 2.65. The van der Waals surface area contributed by atoms with Gasteiger partial charge in [-0.1, -0.05) is 65.0 Å². The lowest BCUT2D eigenvalue weighted by Gasteiger charge is -2.39. The first kappa shape index (κ1) is 19.5. The second-order valence-electron chi connectivity index (χ2n) is 10.3. The van der Waals surface area contributed by atoms with E-state index in [1.807, 2.05) is 6.07 Å². The van der Waals surface area contributed by atoms with E-state index in [1.165, 1.54) is 18.4 Å². The fraction of sp³-hybridized carbons (Fsp3) is 0.667. The molecule has 1 aromatic carbocycles. The standard InChI is InChI=1S/C24H35N3O/c1-16(2)15-27-20(17-9-7-6-8-10-17)14-19(26-27)22(28)25-21-13-18-11-12-24(21,5)23(18,3)4/h6-10,16,18,20-21H,11-15H2,1-5H3,(H,25,28)/t18-,20?,21-,24-/m0/s1. The van der Waals surface area contributed by atoms with Crippen LogP contribution in [-0.2, 0) is 4.79 Å². The minimum absolute atomic E-state index is 0.0433. The van der Waals surface area contributed by atoms with Crippen molar-refractivity contribution in [3.05, 3.63) is 35.9 Å². The highest BCUT2D eigenvalue weighted by Gasteiger charge is 2.61. The molecule has 1 aliphatic heterocycles. The van der Waals surface area contributed by atoms with E-state index in [0.29, 0.717) is 23.5 Å². The predicted octanol–water partition coefficient (Wildman–Crippen LogP) is 4.78. The fourth-order valence-corrected chi connectivity index (χ4v) is 5.86. The molecule has 1 N–H and O–H groups in total. The van der Waals surface area contributed by atoms with Gasteiger partial charge in [0, 0.05) is 19.0 Å². The first-order valence-corrected chi connectivity index (χ1v) is 10.9. The topological polar surface area (TPSA) is 44.7 Å². The smallest absolute Gasteiger partial charge is 0.267 e. The number of benzene rings is 1. The molecular weight excluding hydrogens is 346 g/mol. The van der Waals surface area contributed by atoms with Crippen LogP contribution in [0.3, 0.4) is 0 Å². The molecule has 2 bridgehead atoms. The van der Waals surface area contributed by atoms with Gasteiger partial charge in [0.1, 0.15) is 5.71 Å². The number of hydrogen-bond donors (Lipinski definition) is 1. The molecule has 0 spiro atoms. The molecule has 2 aliphatic carbocycles. The fourth-order valence-electron chi connectivity index (χ4n) is 5.86. The molecule has 1 amide bonds. The van der Waals surface area contributed by atoms with Gasteiger partial charge in [0.15, 0.2) is 0 Å². The maximum Gasteiger partial charge on any atom is 0.267 e. The van der Waals surface area contributed by atoms with Crippen molar-refractivity contribution in [3.8, 4) is 0 Å². The van der Waals surface area contributed by atoms with E-state index in [-0.39, 0.29) is 23.4 Å². The number of amides is 1. The molecule has 1 aromatic rings. The zero-order valence-corrected chi connectivity index (χ0v) is 18.0. The summed E-state index contributed by atoms with van der Waals surface area (Å²) >= 11 is 0. The third-order valence-electron chi connectivity index (χ3n) is 8.09. The van der Waals surface area contributed by atoms with E-state index in [4.69, 9.17) is 5.10 Å². The summed E-state index contributed by atoms with van der Waals surface area (Å²) in [5, 5.41) is 10.3. The van der Waals surface area contributed by atoms with Crippen LogP contribution in [0.15, 0.2) is 35.4 Å². The van der Waals surface area contributed by atoms with Crippen molar-refractivity contribution in [2.24, 2.45) is 27.8 Å². The summed E-state index contributed by atoms with van der Waals surface area (Å²) in [4.78, 5) is 13.2. The Hall–Kier alpha value is -1.84. The molecule has 3 aliphatic rings. The Labute approximate surface area is 169 Å². The molecule has 4 atom stereocenters. The van der Waals surface area contributed by atoms with Crippen molar-refractivity contribution >= 4 is 11.6 Å². The molecule has 28 heavy (non-hydrogen) atoms. The molecule has 0 aromatic heterocycles. The van der Waals surface area contributed by atoms with Gasteiger partial charge in [0.05, 0.1) is 6.04 Å². The molecule has 4 rings (SSSR count). The number of fused-ring (bicyclic) bond motifs is 2. The number of carbonyl (C=O) groups is 1. The monoisotopic (exact) mass is 381 g/mol. The molecule has 2 fully saturated rings. The van der Waals surface area contributed by atoms with Crippen molar-refractivity contribution in [2.75, 3.05) is 6.54 Å². The summed E-state index contributed by atoms with van der Waals surface area (Å²) in [6, 6.07) is 10.9. The van der Waals surface area contributed by atoms with Crippen LogP contribution in [0.5, 0.6) is 0 Å². The zero-order valence-electron chi connectivity index (χ0n) is 18.0. The van der Waals surface area contributed by atoms with Crippen LogP contribution < -0.4 is 5.32 Å². The van der Waals surface area contributed by atoms with Crippen LogP contribution in [0.2, 0.25) is 0 Å². The first-order chi connectivity index (χ1) is 13.2. The maximum atomic E-state index is 13.2. The summed E-state index contributed by atoms with van der Waals surface area (Å²) < 4.78 is 0. The summed E-state index contributed by atoms with van der Waals surface area (Å²) in [6.45, 7) is 12.4. The van der Waals surface area contributed by atoms with Crippen LogP contribution in [0, 0.1) is 22.7 Å². The first-order valence-electron chi connectivity index (χ1n) is 10.9. The normalized spacial score (nSPS) is 33.4. The van der Waals surface area contributed by atoms with E-state index >= 15 is 0 Å². The van der Waals surface area contributed by atoms with E-state index < -0.39 is 0 Å². The van der Waals surface area contributed by atoms with Crippen molar-refractivity contribution in [3.63, 3.8) is 0 Å². The number of hydrogen-bond acceptors (Lipinski definition) is 3. The van der Waals surface area contributed by atoms with Gasteiger partial charge in [-0.3, -0.25) is 9.80 Å². The maximum absolute atomic E-state index is 13.2. The summed E-state index contributed by atoms with van der Waals surface area (Å²) in [5.41, 5.74) is 2.43. The number of nitrogens with one attached hydrogen (secondary N) is 1. The highest BCUT2D eigenvalue weighted by molar-refractivity contribution is 6.39. The van der Waals surface area contributed by atoms with Gasteiger partial charge in [-0.25, -0.2) is 0 Å². The Bertz CT molecular complexity index is 769. The van der Waals surface area contributed by atoms with Crippen LogP contribution in [0.25, 0.3) is 0 Å². The quantitative estimate of drug-likeness (QED) is 0.798. The largest absolute Gasteiger partial charge is 0.348 e. The van der Waals surface area contributed by atoms with E-state index in [9.17, 15) is 4.79 Å². The van der Waals surface area contributed by atoms with Gasteiger partial charge in [-0.2, -0.15) is 5.10 Å². The van der Waals surface area contributed by atoms with Gasteiger partial charge in [0.25, 0.3) is 5.91 Å². The molecule has 1 unspecified atom stereocenters. The number of hydrazone groups is 1. The second-order valence-corrected chi connectivity index (χ2v) is 10.3. The lowest BCUT2D eigenvalue weighted by atomic mass is 9.69. The second kappa shape index (κ2) is 6.89. The van der Waals surface area contributed by atoms with Gasteiger partial charge >= 0.3 is 0 Å². The molecular formula is C24H35N3O. The summed E-state index contributed by atoms with van der Waals surface area (Å²) in [7, 11) is 0. The lowest BCUT2D eigenvalue weighted by Crippen LogP contribution is -2.48. The van der Waals surface area contributed by atoms with Crippen molar-refractivity contribution in [2.45, 2.75) is 72.4 Å². The molecule has 4 heteroatoms. The van der Waals surface area contributed by atoms with Crippen molar-refractivity contribution < 1.29 is 4.79 Å².